The van der Waals surface area contributed by atoms with Gasteiger partial charge >= 0.3 is 0 Å². The van der Waals surface area contributed by atoms with Crippen LogP contribution in [0.5, 0.6) is 0 Å². The summed E-state index contributed by atoms with van der Waals surface area (Å²) in [5.41, 5.74) is 5.70. The Kier molecular flexibility index (Phi) is 3.59. The first kappa shape index (κ1) is 12.0. The van der Waals surface area contributed by atoms with Crippen LogP contribution < -0.4 is 0 Å². The molecule has 0 radical (unpaired) electrons. The molecule has 0 nitrogen and oxygen atoms in total. The SMILES string of the molecule is Cc1cc(C)c(C2CCCCC2Cl)cc1C. The summed E-state index contributed by atoms with van der Waals surface area (Å²) in [5, 5.41) is 0.342. The normalized spacial score (nSPS) is 25.8. The van der Waals surface area contributed by atoms with Gasteiger partial charge in [-0.15, -0.1) is 11.6 Å². The molecule has 1 heteroatoms. The van der Waals surface area contributed by atoms with Crippen LogP contribution in [-0.2, 0) is 0 Å². The van der Waals surface area contributed by atoms with E-state index in [9.17, 15) is 0 Å². The van der Waals surface area contributed by atoms with Crippen LogP contribution in [0.1, 0.15) is 53.9 Å². The topological polar surface area (TPSA) is 0 Å². The Morgan fingerprint density at radius 1 is 0.938 bits per heavy atom. The smallest absolute Gasteiger partial charge is 0.0404 e. The fourth-order valence-electron chi connectivity index (χ4n) is 2.82. The molecule has 0 saturated heterocycles. The zero-order valence-electron chi connectivity index (χ0n) is 10.5. The predicted molar refractivity (Wildman–Crippen MR) is 71.5 cm³/mol. The van der Waals surface area contributed by atoms with Crippen LogP contribution in [0.3, 0.4) is 0 Å². The highest BCUT2D eigenvalue weighted by atomic mass is 35.5. The van der Waals surface area contributed by atoms with Crippen molar-refractivity contribution in [2.45, 2.75) is 57.7 Å². The van der Waals surface area contributed by atoms with Gasteiger partial charge in [0.25, 0.3) is 0 Å². The summed E-state index contributed by atoms with van der Waals surface area (Å²) in [5.74, 6) is 0.578. The van der Waals surface area contributed by atoms with Crippen LogP contribution in [0, 0.1) is 20.8 Å². The maximum atomic E-state index is 6.48. The van der Waals surface area contributed by atoms with E-state index in [1.807, 2.05) is 0 Å². The molecule has 1 aliphatic carbocycles. The number of rotatable bonds is 1. The van der Waals surface area contributed by atoms with Crippen molar-refractivity contribution in [1.29, 1.82) is 0 Å². The summed E-state index contributed by atoms with van der Waals surface area (Å²) in [6.07, 6.45) is 5.07. The largest absolute Gasteiger partial charge is 0.122 e. The molecule has 16 heavy (non-hydrogen) atoms. The minimum Gasteiger partial charge on any atom is -0.122 e. The average molecular weight is 237 g/mol. The maximum absolute atomic E-state index is 6.48. The summed E-state index contributed by atoms with van der Waals surface area (Å²) in [4.78, 5) is 0. The molecule has 1 saturated carbocycles. The van der Waals surface area contributed by atoms with E-state index in [0.29, 0.717) is 11.3 Å². The van der Waals surface area contributed by atoms with E-state index in [1.165, 1.54) is 47.9 Å². The third-order valence-electron chi connectivity index (χ3n) is 3.96. The molecule has 0 bridgehead atoms. The van der Waals surface area contributed by atoms with Crippen molar-refractivity contribution >= 4 is 11.6 Å². The highest BCUT2D eigenvalue weighted by molar-refractivity contribution is 6.21. The maximum Gasteiger partial charge on any atom is 0.0404 e. The van der Waals surface area contributed by atoms with Crippen molar-refractivity contribution in [3.63, 3.8) is 0 Å². The summed E-state index contributed by atoms with van der Waals surface area (Å²) >= 11 is 6.48. The Hall–Kier alpha value is -0.490. The number of aryl methyl sites for hydroxylation is 3. The van der Waals surface area contributed by atoms with Crippen LogP contribution in [0.4, 0.5) is 0 Å². The van der Waals surface area contributed by atoms with Crippen molar-refractivity contribution in [2.75, 3.05) is 0 Å². The molecule has 1 aliphatic rings. The molecule has 0 spiro atoms. The number of hydrogen-bond donors (Lipinski definition) is 0. The third kappa shape index (κ3) is 2.27. The van der Waals surface area contributed by atoms with Gasteiger partial charge in [0.15, 0.2) is 0 Å². The van der Waals surface area contributed by atoms with Gasteiger partial charge in [-0.05, 0) is 55.9 Å². The first-order valence-corrected chi connectivity index (χ1v) is 6.75. The molecular weight excluding hydrogens is 216 g/mol. The molecule has 1 fully saturated rings. The molecular formula is C15H21Cl. The van der Waals surface area contributed by atoms with Gasteiger partial charge < -0.3 is 0 Å². The van der Waals surface area contributed by atoms with E-state index in [-0.39, 0.29) is 0 Å². The van der Waals surface area contributed by atoms with Crippen LogP contribution in [-0.4, -0.2) is 5.38 Å². The van der Waals surface area contributed by atoms with E-state index >= 15 is 0 Å². The molecule has 0 heterocycles. The lowest BCUT2D eigenvalue weighted by atomic mass is 9.81. The Morgan fingerprint density at radius 3 is 2.25 bits per heavy atom. The van der Waals surface area contributed by atoms with Crippen molar-refractivity contribution in [1.82, 2.24) is 0 Å². The molecule has 2 atom stereocenters. The van der Waals surface area contributed by atoms with Crippen molar-refractivity contribution in [2.24, 2.45) is 0 Å². The van der Waals surface area contributed by atoms with Crippen LogP contribution in [0.2, 0.25) is 0 Å². The quantitative estimate of drug-likeness (QED) is 0.610. The van der Waals surface area contributed by atoms with Crippen molar-refractivity contribution in [3.05, 3.63) is 34.4 Å². The van der Waals surface area contributed by atoms with Gasteiger partial charge in [0.1, 0.15) is 0 Å². The van der Waals surface area contributed by atoms with Gasteiger partial charge in [0.05, 0.1) is 0 Å². The Labute approximate surface area is 104 Å². The van der Waals surface area contributed by atoms with E-state index in [2.05, 4.69) is 32.9 Å². The average Bonchev–Trinajstić information content (AvgIpc) is 2.25. The monoisotopic (exact) mass is 236 g/mol. The first-order valence-electron chi connectivity index (χ1n) is 6.31. The number of benzene rings is 1. The fraction of sp³-hybridized carbons (Fsp3) is 0.600. The highest BCUT2D eigenvalue weighted by Gasteiger charge is 2.25. The summed E-state index contributed by atoms with van der Waals surface area (Å²) in [6.45, 7) is 6.61. The second-order valence-corrected chi connectivity index (χ2v) is 5.76. The second-order valence-electron chi connectivity index (χ2n) is 5.20. The highest BCUT2D eigenvalue weighted by Crippen LogP contribution is 2.38. The Bertz CT molecular complexity index is 381. The molecule has 88 valence electrons. The molecule has 1 aromatic rings. The second kappa shape index (κ2) is 4.79. The lowest BCUT2D eigenvalue weighted by Gasteiger charge is -2.29. The molecule has 0 aromatic heterocycles. The van der Waals surface area contributed by atoms with Gasteiger partial charge in [-0.2, -0.15) is 0 Å². The summed E-state index contributed by atoms with van der Waals surface area (Å²) in [6, 6.07) is 4.67. The zero-order valence-corrected chi connectivity index (χ0v) is 11.3. The predicted octanol–water partition coefficient (Wildman–Crippen LogP) is 4.88. The third-order valence-corrected chi connectivity index (χ3v) is 4.49. The minimum absolute atomic E-state index is 0.342. The Morgan fingerprint density at radius 2 is 1.56 bits per heavy atom. The lowest BCUT2D eigenvalue weighted by Crippen LogP contribution is -2.18. The molecule has 1 aromatic carbocycles. The molecule has 2 rings (SSSR count). The minimum atomic E-state index is 0.342. The molecule has 0 amide bonds. The number of halogens is 1. The number of hydrogen-bond acceptors (Lipinski definition) is 0. The van der Waals surface area contributed by atoms with Crippen LogP contribution >= 0.6 is 11.6 Å². The van der Waals surface area contributed by atoms with E-state index in [0.717, 1.165) is 0 Å². The van der Waals surface area contributed by atoms with Gasteiger partial charge in [-0.1, -0.05) is 25.0 Å². The van der Waals surface area contributed by atoms with Gasteiger partial charge in [0, 0.05) is 11.3 Å². The van der Waals surface area contributed by atoms with Gasteiger partial charge in [-0.25, -0.2) is 0 Å². The summed E-state index contributed by atoms with van der Waals surface area (Å²) in [7, 11) is 0. The molecule has 2 unspecified atom stereocenters. The van der Waals surface area contributed by atoms with Gasteiger partial charge in [0.2, 0.25) is 0 Å². The zero-order chi connectivity index (χ0) is 11.7. The first-order chi connectivity index (χ1) is 7.59. The van der Waals surface area contributed by atoms with E-state index in [4.69, 9.17) is 11.6 Å². The fourth-order valence-corrected chi connectivity index (χ4v) is 3.23. The van der Waals surface area contributed by atoms with Gasteiger partial charge in [-0.3, -0.25) is 0 Å². The van der Waals surface area contributed by atoms with Crippen LogP contribution in [0.25, 0.3) is 0 Å². The Balaban J connectivity index is 2.35. The molecule has 0 N–H and O–H groups in total. The lowest BCUT2D eigenvalue weighted by molar-refractivity contribution is 0.449. The van der Waals surface area contributed by atoms with E-state index < -0.39 is 0 Å². The van der Waals surface area contributed by atoms with Crippen LogP contribution in [0.15, 0.2) is 12.1 Å². The summed E-state index contributed by atoms with van der Waals surface area (Å²) < 4.78 is 0. The van der Waals surface area contributed by atoms with E-state index in [1.54, 1.807) is 0 Å². The van der Waals surface area contributed by atoms with Crippen molar-refractivity contribution in [3.8, 4) is 0 Å². The van der Waals surface area contributed by atoms with Crippen molar-refractivity contribution < 1.29 is 0 Å². The molecule has 0 aliphatic heterocycles. The standard InChI is InChI=1S/C15H21Cl/c1-10-8-12(3)14(9-11(10)2)13-6-4-5-7-15(13)16/h8-9,13,15H,4-7H2,1-3H3. The number of alkyl halides is 1.